The van der Waals surface area contributed by atoms with Crippen molar-refractivity contribution in [2.45, 2.75) is 25.8 Å². The molecule has 0 aromatic carbocycles. The van der Waals surface area contributed by atoms with Crippen LogP contribution in [0.2, 0.25) is 5.02 Å². The van der Waals surface area contributed by atoms with E-state index in [0.29, 0.717) is 29.6 Å². The Balaban J connectivity index is 2.06. The van der Waals surface area contributed by atoms with Crippen LogP contribution >= 0.6 is 11.6 Å². The number of hydrogen-bond acceptors (Lipinski definition) is 4. The van der Waals surface area contributed by atoms with Gasteiger partial charge in [0.2, 0.25) is 0 Å². The summed E-state index contributed by atoms with van der Waals surface area (Å²) >= 11 is 6.03. The van der Waals surface area contributed by atoms with Gasteiger partial charge in [-0.05, 0) is 25.8 Å². The number of hydrogen-bond donors (Lipinski definition) is 2. The second kappa shape index (κ2) is 6.73. The molecule has 5 nitrogen and oxygen atoms in total. The number of halogens is 1. The fourth-order valence-corrected chi connectivity index (χ4v) is 2.18. The van der Waals surface area contributed by atoms with Crippen LogP contribution in [0, 0.1) is 0 Å². The zero-order valence-electron chi connectivity index (χ0n) is 10.9. The fourth-order valence-electron chi connectivity index (χ4n) is 2.00. The molecular weight excluding hydrogens is 266 g/mol. The number of amides is 1. The molecule has 19 heavy (non-hydrogen) atoms. The van der Waals surface area contributed by atoms with Gasteiger partial charge in [-0.15, -0.1) is 0 Å². The van der Waals surface area contributed by atoms with Gasteiger partial charge in [-0.25, -0.2) is 4.98 Å². The van der Waals surface area contributed by atoms with Crippen LogP contribution in [0.5, 0.6) is 0 Å². The average molecular weight is 284 g/mol. The van der Waals surface area contributed by atoms with Crippen molar-refractivity contribution >= 4 is 23.3 Å². The van der Waals surface area contributed by atoms with E-state index in [4.69, 9.17) is 16.3 Å². The van der Waals surface area contributed by atoms with E-state index in [1.165, 1.54) is 6.20 Å². The van der Waals surface area contributed by atoms with Crippen LogP contribution in [0.15, 0.2) is 12.3 Å². The molecule has 6 heteroatoms. The Hall–Kier alpha value is -1.33. The van der Waals surface area contributed by atoms with Crippen LogP contribution in [0.4, 0.5) is 5.82 Å². The predicted molar refractivity (Wildman–Crippen MR) is 74.7 cm³/mol. The second-order valence-electron chi connectivity index (χ2n) is 4.44. The average Bonchev–Trinajstić information content (AvgIpc) is 2.42. The van der Waals surface area contributed by atoms with Crippen molar-refractivity contribution in [2.75, 3.05) is 25.1 Å². The summed E-state index contributed by atoms with van der Waals surface area (Å²) < 4.78 is 5.26. The lowest BCUT2D eigenvalue weighted by Gasteiger charge is -2.23. The number of carbonyl (C=O) groups excluding carboxylic acids is 1. The molecule has 0 aliphatic carbocycles. The highest BCUT2D eigenvalue weighted by atomic mass is 35.5. The van der Waals surface area contributed by atoms with Crippen LogP contribution in [0.1, 0.15) is 30.1 Å². The SMILES string of the molecule is CCNc1cc(C(=O)NC2CCOCC2)c(Cl)cn1. The van der Waals surface area contributed by atoms with E-state index in [1.54, 1.807) is 6.07 Å². The maximum absolute atomic E-state index is 12.2. The third-order valence-corrected chi connectivity index (χ3v) is 3.32. The van der Waals surface area contributed by atoms with E-state index < -0.39 is 0 Å². The lowest BCUT2D eigenvalue weighted by molar-refractivity contribution is 0.0696. The van der Waals surface area contributed by atoms with Crippen molar-refractivity contribution in [2.24, 2.45) is 0 Å². The van der Waals surface area contributed by atoms with Gasteiger partial charge >= 0.3 is 0 Å². The molecule has 0 atom stereocenters. The molecule has 104 valence electrons. The number of rotatable bonds is 4. The molecule has 0 radical (unpaired) electrons. The molecule has 2 rings (SSSR count). The van der Waals surface area contributed by atoms with Gasteiger partial charge in [-0.1, -0.05) is 11.6 Å². The standard InChI is InChI=1S/C13H18ClN3O2/c1-2-15-12-7-10(11(14)8-16-12)13(18)17-9-3-5-19-6-4-9/h7-9H,2-6H2,1H3,(H,15,16)(H,17,18). The van der Waals surface area contributed by atoms with E-state index in [1.807, 2.05) is 6.92 Å². The van der Waals surface area contributed by atoms with Gasteiger partial charge < -0.3 is 15.4 Å². The lowest BCUT2D eigenvalue weighted by atomic mass is 10.1. The monoisotopic (exact) mass is 283 g/mol. The molecule has 2 N–H and O–H groups in total. The van der Waals surface area contributed by atoms with Gasteiger partial charge in [-0.2, -0.15) is 0 Å². The summed E-state index contributed by atoms with van der Waals surface area (Å²) in [4.78, 5) is 16.3. The summed E-state index contributed by atoms with van der Waals surface area (Å²) in [5.41, 5.74) is 0.458. The number of ether oxygens (including phenoxy) is 1. The molecule has 1 aliphatic heterocycles. The van der Waals surface area contributed by atoms with Gasteiger partial charge in [0.25, 0.3) is 5.91 Å². The molecule has 1 aromatic heterocycles. The minimum Gasteiger partial charge on any atom is -0.381 e. The highest BCUT2D eigenvalue weighted by Gasteiger charge is 2.19. The van der Waals surface area contributed by atoms with E-state index in [-0.39, 0.29) is 11.9 Å². The zero-order chi connectivity index (χ0) is 13.7. The number of anilines is 1. The molecule has 1 aromatic rings. The first-order valence-corrected chi connectivity index (χ1v) is 6.86. The Labute approximate surface area is 117 Å². The Kier molecular flexibility index (Phi) is 4.99. The minimum absolute atomic E-state index is 0.154. The first kappa shape index (κ1) is 14.1. The molecular formula is C13H18ClN3O2. The second-order valence-corrected chi connectivity index (χ2v) is 4.85. The molecule has 1 aliphatic rings. The van der Waals surface area contributed by atoms with Crippen molar-refractivity contribution in [1.29, 1.82) is 0 Å². The van der Waals surface area contributed by atoms with Crippen molar-refractivity contribution in [1.82, 2.24) is 10.3 Å². The van der Waals surface area contributed by atoms with Gasteiger partial charge in [0.1, 0.15) is 5.82 Å². The number of aromatic nitrogens is 1. The number of nitrogens with zero attached hydrogens (tertiary/aromatic N) is 1. The minimum atomic E-state index is -0.154. The van der Waals surface area contributed by atoms with Crippen molar-refractivity contribution in [3.63, 3.8) is 0 Å². The molecule has 1 fully saturated rings. The Morgan fingerprint density at radius 1 is 1.53 bits per heavy atom. The summed E-state index contributed by atoms with van der Waals surface area (Å²) in [5, 5.41) is 6.42. The summed E-state index contributed by atoms with van der Waals surface area (Å²) in [6.07, 6.45) is 3.18. The van der Waals surface area contributed by atoms with Crippen LogP contribution in [-0.2, 0) is 4.74 Å². The van der Waals surface area contributed by atoms with Gasteiger partial charge in [0.15, 0.2) is 0 Å². The smallest absolute Gasteiger partial charge is 0.253 e. The number of nitrogens with one attached hydrogen (secondary N) is 2. The van der Waals surface area contributed by atoms with Crippen LogP contribution in [-0.4, -0.2) is 36.7 Å². The third kappa shape index (κ3) is 3.81. The highest BCUT2D eigenvalue weighted by molar-refractivity contribution is 6.33. The maximum atomic E-state index is 12.2. The quantitative estimate of drug-likeness (QED) is 0.888. The zero-order valence-corrected chi connectivity index (χ0v) is 11.7. The summed E-state index contributed by atoms with van der Waals surface area (Å²) in [6, 6.07) is 1.84. The van der Waals surface area contributed by atoms with Crippen LogP contribution in [0.25, 0.3) is 0 Å². The Bertz CT molecular complexity index is 448. The summed E-state index contributed by atoms with van der Waals surface area (Å²) in [6.45, 7) is 4.10. The van der Waals surface area contributed by atoms with E-state index in [2.05, 4.69) is 15.6 Å². The summed E-state index contributed by atoms with van der Waals surface area (Å²) in [5.74, 6) is 0.502. The van der Waals surface area contributed by atoms with E-state index in [0.717, 1.165) is 19.4 Å². The first-order chi connectivity index (χ1) is 9.20. The molecule has 0 unspecified atom stereocenters. The van der Waals surface area contributed by atoms with E-state index in [9.17, 15) is 4.79 Å². The number of carbonyl (C=O) groups is 1. The first-order valence-electron chi connectivity index (χ1n) is 6.48. The van der Waals surface area contributed by atoms with Gasteiger partial charge in [0, 0.05) is 32.0 Å². The predicted octanol–water partition coefficient (Wildman–Crippen LogP) is 2.08. The largest absolute Gasteiger partial charge is 0.381 e. The molecule has 2 heterocycles. The molecule has 0 bridgehead atoms. The normalized spacial score (nSPS) is 16.1. The molecule has 1 amide bonds. The Morgan fingerprint density at radius 2 is 2.26 bits per heavy atom. The van der Waals surface area contributed by atoms with Gasteiger partial charge in [-0.3, -0.25) is 4.79 Å². The van der Waals surface area contributed by atoms with Crippen LogP contribution in [0.3, 0.4) is 0 Å². The molecule has 0 saturated carbocycles. The van der Waals surface area contributed by atoms with Crippen LogP contribution < -0.4 is 10.6 Å². The fraction of sp³-hybridized carbons (Fsp3) is 0.538. The van der Waals surface area contributed by atoms with Crippen molar-refractivity contribution in [3.8, 4) is 0 Å². The topological polar surface area (TPSA) is 63.2 Å². The van der Waals surface area contributed by atoms with E-state index >= 15 is 0 Å². The Morgan fingerprint density at radius 3 is 2.95 bits per heavy atom. The van der Waals surface area contributed by atoms with Gasteiger partial charge in [0.05, 0.1) is 10.6 Å². The van der Waals surface area contributed by atoms with Crippen molar-refractivity contribution < 1.29 is 9.53 Å². The lowest BCUT2D eigenvalue weighted by Crippen LogP contribution is -2.39. The third-order valence-electron chi connectivity index (χ3n) is 3.01. The molecule has 0 spiro atoms. The molecule has 1 saturated heterocycles. The maximum Gasteiger partial charge on any atom is 0.253 e. The highest BCUT2D eigenvalue weighted by Crippen LogP contribution is 2.18. The van der Waals surface area contributed by atoms with Crippen molar-refractivity contribution in [3.05, 3.63) is 22.8 Å². The number of pyridine rings is 1. The summed E-state index contributed by atoms with van der Waals surface area (Å²) in [7, 11) is 0.